The van der Waals surface area contributed by atoms with Crippen molar-refractivity contribution in [3.8, 4) is 6.07 Å². The van der Waals surface area contributed by atoms with Gasteiger partial charge in [-0.2, -0.15) is 5.26 Å². The molecule has 0 aromatic heterocycles. The lowest BCUT2D eigenvalue weighted by Crippen LogP contribution is -2.44. The van der Waals surface area contributed by atoms with E-state index in [0.717, 1.165) is 6.26 Å². The van der Waals surface area contributed by atoms with E-state index in [1.54, 1.807) is 13.8 Å². The molecule has 0 unspecified atom stereocenters. The van der Waals surface area contributed by atoms with Crippen LogP contribution in [0.4, 0.5) is 0 Å². The predicted octanol–water partition coefficient (Wildman–Crippen LogP) is 1.51. The highest BCUT2D eigenvalue weighted by molar-refractivity contribution is 7.90. The van der Waals surface area contributed by atoms with Gasteiger partial charge >= 0.3 is 0 Å². The highest BCUT2D eigenvalue weighted by Gasteiger charge is 2.24. The Hall–Kier alpha value is -1.87. The first-order valence-corrected chi connectivity index (χ1v) is 7.65. The van der Waals surface area contributed by atoms with Crippen molar-refractivity contribution in [3.63, 3.8) is 0 Å². The molecule has 0 bridgehead atoms. The molecule has 0 aliphatic carbocycles. The van der Waals surface area contributed by atoms with Crippen LogP contribution in [0, 0.1) is 11.3 Å². The van der Waals surface area contributed by atoms with Crippen LogP contribution in [0.5, 0.6) is 0 Å². The molecule has 0 aliphatic rings. The number of rotatable bonds is 4. The van der Waals surface area contributed by atoms with Crippen LogP contribution in [0.3, 0.4) is 0 Å². The number of nitriles is 1. The SMILES string of the molecule is CC[C@@](C)(C#N)NC(=O)c1ccc(S(C)(=O)=O)cc1. The van der Waals surface area contributed by atoms with E-state index in [9.17, 15) is 13.2 Å². The normalized spacial score (nSPS) is 14.2. The third-order valence-corrected chi connectivity index (χ3v) is 4.02. The monoisotopic (exact) mass is 280 g/mol. The molecule has 5 nitrogen and oxygen atoms in total. The zero-order valence-corrected chi connectivity index (χ0v) is 11.9. The van der Waals surface area contributed by atoms with Crippen LogP contribution in [0.1, 0.15) is 30.6 Å². The first-order valence-electron chi connectivity index (χ1n) is 5.76. The second-order valence-electron chi connectivity index (χ2n) is 4.55. The number of nitrogens with one attached hydrogen (secondary N) is 1. The molecule has 1 rings (SSSR count). The number of amides is 1. The fraction of sp³-hybridized carbons (Fsp3) is 0.385. The summed E-state index contributed by atoms with van der Waals surface area (Å²) < 4.78 is 22.6. The molecule has 102 valence electrons. The van der Waals surface area contributed by atoms with Gasteiger partial charge in [-0.05, 0) is 37.6 Å². The average molecular weight is 280 g/mol. The molecule has 0 aliphatic heterocycles. The summed E-state index contributed by atoms with van der Waals surface area (Å²) in [6, 6.07) is 7.65. The van der Waals surface area contributed by atoms with Crippen molar-refractivity contribution >= 4 is 15.7 Å². The molecule has 1 aromatic rings. The van der Waals surface area contributed by atoms with Gasteiger partial charge in [0.1, 0.15) is 5.54 Å². The minimum atomic E-state index is -3.27. The molecule has 6 heteroatoms. The van der Waals surface area contributed by atoms with E-state index in [0.29, 0.717) is 12.0 Å². The molecule has 0 radical (unpaired) electrons. The number of carbonyl (C=O) groups is 1. The van der Waals surface area contributed by atoms with Crippen molar-refractivity contribution in [3.05, 3.63) is 29.8 Å². The van der Waals surface area contributed by atoms with E-state index in [1.165, 1.54) is 24.3 Å². The van der Waals surface area contributed by atoms with Gasteiger partial charge in [0.15, 0.2) is 9.84 Å². The van der Waals surface area contributed by atoms with Crippen LogP contribution >= 0.6 is 0 Å². The summed E-state index contributed by atoms with van der Waals surface area (Å²) in [7, 11) is -3.27. The molecule has 0 heterocycles. The first kappa shape index (κ1) is 15.2. The lowest BCUT2D eigenvalue weighted by molar-refractivity contribution is 0.0923. The van der Waals surface area contributed by atoms with Gasteiger partial charge in [-0.15, -0.1) is 0 Å². The molecule has 1 aromatic carbocycles. The van der Waals surface area contributed by atoms with Gasteiger partial charge in [0.25, 0.3) is 5.91 Å². The fourth-order valence-electron chi connectivity index (χ4n) is 1.37. The largest absolute Gasteiger partial charge is 0.334 e. The Balaban J connectivity index is 2.95. The lowest BCUT2D eigenvalue weighted by Gasteiger charge is -2.21. The maximum Gasteiger partial charge on any atom is 0.252 e. The number of hydrogen-bond acceptors (Lipinski definition) is 4. The maximum atomic E-state index is 11.9. The van der Waals surface area contributed by atoms with Crippen LogP contribution < -0.4 is 5.32 Å². The van der Waals surface area contributed by atoms with Gasteiger partial charge in [-0.1, -0.05) is 6.92 Å². The molecule has 0 saturated heterocycles. The first-order chi connectivity index (χ1) is 8.72. The number of nitrogens with zero attached hydrogens (tertiary/aromatic N) is 1. The Morgan fingerprint density at radius 1 is 1.37 bits per heavy atom. The molecule has 19 heavy (non-hydrogen) atoms. The topological polar surface area (TPSA) is 87.0 Å². The number of hydrogen-bond donors (Lipinski definition) is 1. The van der Waals surface area contributed by atoms with Crippen molar-refractivity contribution in [2.75, 3.05) is 6.26 Å². The number of sulfone groups is 1. The van der Waals surface area contributed by atoms with Crippen molar-refractivity contribution in [1.82, 2.24) is 5.32 Å². The second-order valence-corrected chi connectivity index (χ2v) is 6.56. The Labute approximate surface area is 113 Å². The van der Waals surface area contributed by atoms with E-state index < -0.39 is 21.3 Å². The van der Waals surface area contributed by atoms with Crippen molar-refractivity contribution in [1.29, 1.82) is 5.26 Å². The van der Waals surface area contributed by atoms with E-state index in [-0.39, 0.29) is 4.90 Å². The Morgan fingerprint density at radius 3 is 2.26 bits per heavy atom. The Bertz CT molecular complexity index is 614. The fourth-order valence-corrected chi connectivity index (χ4v) is 2.00. The number of carbonyl (C=O) groups excluding carboxylic acids is 1. The summed E-state index contributed by atoms with van der Waals surface area (Å²) >= 11 is 0. The highest BCUT2D eigenvalue weighted by atomic mass is 32.2. The molecule has 1 atom stereocenters. The Morgan fingerprint density at radius 2 is 1.89 bits per heavy atom. The van der Waals surface area contributed by atoms with Gasteiger partial charge in [0.2, 0.25) is 0 Å². The summed E-state index contributed by atoms with van der Waals surface area (Å²) in [5.74, 6) is -0.397. The zero-order valence-electron chi connectivity index (χ0n) is 11.1. The summed E-state index contributed by atoms with van der Waals surface area (Å²) in [4.78, 5) is 12.1. The van der Waals surface area contributed by atoms with E-state index in [4.69, 9.17) is 5.26 Å². The minimum absolute atomic E-state index is 0.155. The van der Waals surface area contributed by atoms with Crippen LogP contribution in [0.15, 0.2) is 29.2 Å². The van der Waals surface area contributed by atoms with Crippen LogP contribution in [-0.2, 0) is 9.84 Å². The molecule has 0 spiro atoms. The molecular weight excluding hydrogens is 264 g/mol. The van der Waals surface area contributed by atoms with Gasteiger partial charge < -0.3 is 5.32 Å². The van der Waals surface area contributed by atoms with E-state index >= 15 is 0 Å². The predicted molar refractivity (Wildman–Crippen MR) is 71.3 cm³/mol. The summed E-state index contributed by atoms with van der Waals surface area (Å²) in [6.45, 7) is 3.44. The summed E-state index contributed by atoms with van der Waals surface area (Å²) in [6.07, 6.45) is 1.59. The van der Waals surface area contributed by atoms with Crippen molar-refractivity contribution in [2.45, 2.75) is 30.7 Å². The summed E-state index contributed by atoms with van der Waals surface area (Å²) in [5.41, 5.74) is -0.602. The number of benzene rings is 1. The van der Waals surface area contributed by atoms with E-state index in [2.05, 4.69) is 5.32 Å². The molecular formula is C13H16N2O3S. The third-order valence-electron chi connectivity index (χ3n) is 2.89. The van der Waals surface area contributed by atoms with E-state index in [1.807, 2.05) is 6.07 Å². The van der Waals surface area contributed by atoms with Gasteiger partial charge in [-0.3, -0.25) is 4.79 Å². The molecule has 0 fully saturated rings. The maximum absolute atomic E-state index is 11.9. The molecule has 1 amide bonds. The molecule has 1 N–H and O–H groups in total. The quantitative estimate of drug-likeness (QED) is 0.905. The standard InChI is InChI=1S/C13H16N2O3S/c1-4-13(2,9-14)15-12(16)10-5-7-11(8-6-10)19(3,17)18/h5-8H,4H2,1-3H3,(H,15,16)/t13-/m0/s1. The zero-order chi connectivity index (χ0) is 14.7. The third kappa shape index (κ3) is 3.80. The minimum Gasteiger partial charge on any atom is -0.334 e. The van der Waals surface area contributed by atoms with Crippen molar-refractivity contribution < 1.29 is 13.2 Å². The van der Waals surface area contributed by atoms with Crippen LogP contribution in [0.2, 0.25) is 0 Å². The summed E-state index contributed by atoms with van der Waals surface area (Å²) in [5, 5.41) is 11.6. The highest BCUT2D eigenvalue weighted by Crippen LogP contribution is 2.13. The van der Waals surface area contributed by atoms with Gasteiger partial charge in [0.05, 0.1) is 11.0 Å². The van der Waals surface area contributed by atoms with Crippen molar-refractivity contribution in [2.24, 2.45) is 0 Å². The Kier molecular flexibility index (Phi) is 4.32. The van der Waals surface area contributed by atoms with Gasteiger partial charge in [-0.25, -0.2) is 8.42 Å². The lowest BCUT2D eigenvalue weighted by atomic mass is 10.0. The van der Waals surface area contributed by atoms with Gasteiger partial charge in [0, 0.05) is 11.8 Å². The molecule has 0 saturated carbocycles. The second kappa shape index (κ2) is 5.41. The van der Waals surface area contributed by atoms with Crippen LogP contribution in [0.25, 0.3) is 0 Å². The van der Waals surface area contributed by atoms with Crippen LogP contribution in [-0.4, -0.2) is 26.1 Å². The average Bonchev–Trinajstić information content (AvgIpc) is 2.37. The smallest absolute Gasteiger partial charge is 0.252 e.